The van der Waals surface area contributed by atoms with E-state index >= 15 is 0 Å². The Morgan fingerprint density at radius 1 is 1.00 bits per heavy atom. The van der Waals surface area contributed by atoms with Crippen LogP contribution in [-0.2, 0) is 17.7 Å². The summed E-state index contributed by atoms with van der Waals surface area (Å²) < 4.78 is 16.7. The van der Waals surface area contributed by atoms with Crippen LogP contribution in [0.1, 0.15) is 81.0 Å². The highest BCUT2D eigenvalue weighted by atomic mass is 19.1. The van der Waals surface area contributed by atoms with Gasteiger partial charge in [-0.15, -0.1) is 0 Å². The quantitative estimate of drug-likeness (QED) is 0.674. The average molecular weight is 472 g/mol. The number of Topliss-reactive ketones (excluding diaryl/α,β-unsaturated/α-hetero) is 1. The van der Waals surface area contributed by atoms with E-state index in [2.05, 4.69) is 22.6 Å². The normalized spacial score (nSPS) is 18.8. The summed E-state index contributed by atoms with van der Waals surface area (Å²) in [6, 6.07) is 8.34. The topological polar surface area (TPSA) is 65.8 Å². The number of halogens is 1. The Morgan fingerprint density at radius 2 is 1.65 bits per heavy atom. The molecule has 6 nitrogen and oxygen atoms in total. The van der Waals surface area contributed by atoms with E-state index in [1.165, 1.54) is 26.0 Å². The molecule has 2 aliphatic heterocycles. The second-order valence-corrected chi connectivity index (χ2v) is 11.3. The minimum absolute atomic E-state index is 0. The lowest BCUT2D eigenvalue weighted by molar-refractivity contribution is 0.0126. The van der Waals surface area contributed by atoms with Crippen molar-refractivity contribution < 1.29 is 20.5 Å². The average Bonchev–Trinajstić information content (AvgIpc) is 3.19. The fourth-order valence-corrected chi connectivity index (χ4v) is 5.40. The highest BCUT2D eigenvalue weighted by Crippen LogP contribution is 2.42. The number of aliphatic hydroxyl groups is 1. The van der Waals surface area contributed by atoms with E-state index in [1.807, 2.05) is 26.8 Å². The number of likely N-dealkylation sites (tertiary alicyclic amines) is 1. The second kappa shape index (κ2) is 8.31. The van der Waals surface area contributed by atoms with Crippen LogP contribution in [0.4, 0.5) is 4.39 Å². The van der Waals surface area contributed by atoms with Gasteiger partial charge in [0.1, 0.15) is 5.82 Å². The number of benzene rings is 1. The van der Waals surface area contributed by atoms with Gasteiger partial charge in [0.05, 0.1) is 16.8 Å². The third kappa shape index (κ3) is 4.09. The lowest BCUT2D eigenvalue weighted by Crippen LogP contribution is -2.56. The predicted molar refractivity (Wildman–Crippen MR) is 131 cm³/mol. The molecule has 1 aromatic carbocycles. The number of carbonyl (C=O) groups excluding carboxylic acids is 2. The number of ketones is 1. The van der Waals surface area contributed by atoms with E-state index in [9.17, 15) is 19.1 Å². The molecule has 0 atom stereocenters. The molecule has 0 aliphatic carbocycles. The van der Waals surface area contributed by atoms with E-state index in [-0.39, 0.29) is 24.2 Å². The van der Waals surface area contributed by atoms with Gasteiger partial charge in [0.2, 0.25) is 0 Å². The van der Waals surface area contributed by atoms with Gasteiger partial charge in [-0.1, -0.05) is 26.8 Å². The molecule has 1 amide bonds. The van der Waals surface area contributed by atoms with Crippen LogP contribution in [0.25, 0.3) is 0 Å². The van der Waals surface area contributed by atoms with E-state index in [0.29, 0.717) is 18.7 Å². The molecule has 0 saturated carbocycles. The molecule has 34 heavy (non-hydrogen) atoms. The molecule has 1 fully saturated rings. The zero-order valence-corrected chi connectivity index (χ0v) is 21.1. The molecular formula is C27H38FN3O3. The monoisotopic (exact) mass is 471 g/mol. The van der Waals surface area contributed by atoms with Crippen molar-refractivity contribution in [3.63, 3.8) is 0 Å². The van der Waals surface area contributed by atoms with Crippen molar-refractivity contribution in [2.75, 3.05) is 26.7 Å². The molecule has 186 valence electrons. The van der Waals surface area contributed by atoms with Gasteiger partial charge in [-0.3, -0.25) is 14.5 Å². The number of likely N-dealkylation sites (N-methyl/N-ethyl adjacent to an activating group) is 1. The Balaban J connectivity index is 0.00000342. The van der Waals surface area contributed by atoms with Crippen LogP contribution < -0.4 is 0 Å². The van der Waals surface area contributed by atoms with Crippen LogP contribution in [0.5, 0.6) is 0 Å². The maximum absolute atomic E-state index is 14.6. The minimum Gasteiger partial charge on any atom is -0.386 e. The standard InChI is InChI=1S/C27H36FN3O3.H2/c1-25(2,3)23(32)21-9-10-22-27(29(6)15-16-31(21)22)11-13-30(14-12-27)24(33)18-7-8-19(20(28)17-18)26(4,5)34;/h7-10,17,34H,11-16H2,1-6H3;1H. The Bertz CT molecular complexity index is 1120. The molecule has 0 unspecified atom stereocenters. The van der Waals surface area contributed by atoms with Crippen molar-refractivity contribution >= 4 is 11.7 Å². The third-order valence-corrected chi connectivity index (χ3v) is 7.51. The minimum atomic E-state index is -1.31. The Labute approximate surface area is 202 Å². The SMILES string of the molecule is CN1CCn2c(C(=O)C(C)(C)C)ccc2C12CCN(C(=O)c1ccc(C(C)(C)O)c(F)c1)CC2.[HH]. The lowest BCUT2D eigenvalue weighted by Gasteiger charge is -2.50. The summed E-state index contributed by atoms with van der Waals surface area (Å²) in [7, 11) is 2.12. The van der Waals surface area contributed by atoms with Crippen LogP contribution in [0, 0.1) is 11.2 Å². The van der Waals surface area contributed by atoms with Crippen molar-refractivity contribution in [1.29, 1.82) is 0 Å². The van der Waals surface area contributed by atoms with Crippen molar-refractivity contribution in [3.8, 4) is 0 Å². The number of nitrogens with zero attached hydrogens (tertiary/aromatic N) is 3. The van der Waals surface area contributed by atoms with Crippen molar-refractivity contribution in [2.24, 2.45) is 5.41 Å². The molecule has 7 heteroatoms. The first kappa shape index (κ1) is 24.6. The summed E-state index contributed by atoms with van der Waals surface area (Å²) in [4.78, 5) is 30.3. The zero-order valence-electron chi connectivity index (χ0n) is 21.1. The largest absolute Gasteiger partial charge is 0.386 e. The van der Waals surface area contributed by atoms with Crippen LogP contribution in [0.3, 0.4) is 0 Å². The van der Waals surface area contributed by atoms with Gasteiger partial charge in [-0.2, -0.15) is 0 Å². The molecule has 1 spiro atoms. The number of amides is 1. The number of hydrogen-bond donors (Lipinski definition) is 1. The van der Waals surface area contributed by atoms with Gasteiger partial charge in [-0.25, -0.2) is 4.39 Å². The van der Waals surface area contributed by atoms with Gasteiger partial charge in [-0.05, 0) is 58.0 Å². The van der Waals surface area contributed by atoms with Crippen molar-refractivity contribution in [2.45, 2.75) is 65.1 Å². The first-order valence-electron chi connectivity index (χ1n) is 12.0. The number of rotatable bonds is 3. The van der Waals surface area contributed by atoms with E-state index in [4.69, 9.17) is 0 Å². The molecule has 2 aromatic rings. The van der Waals surface area contributed by atoms with Gasteiger partial charge in [0.25, 0.3) is 5.91 Å². The van der Waals surface area contributed by atoms with Gasteiger partial charge in [0.15, 0.2) is 5.78 Å². The van der Waals surface area contributed by atoms with Crippen LogP contribution in [-0.4, -0.2) is 57.8 Å². The Morgan fingerprint density at radius 3 is 2.21 bits per heavy atom. The maximum atomic E-state index is 14.6. The van der Waals surface area contributed by atoms with Gasteiger partial charge in [0, 0.05) is 49.8 Å². The van der Waals surface area contributed by atoms with E-state index < -0.39 is 16.8 Å². The summed E-state index contributed by atoms with van der Waals surface area (Å²) in [6.07, 6.45) is 1.49. The molecule has 1 N–H and O–H groups in total. The van der Waals surface area contributed by atoms with E-state index in [0.717, 1.165) is 37.3 Å². The summed E-state index contributed by atoms with van der Waals surface area (Å²) in [5.74, 6) is -0.635. The number of fused-ring (bicyclic) bond motifs is 2. The van der Waals surface area contributed by atoms with Crippen molar-refractivity contribution in [1.82, 2.24) is 14.4 Å². The molecule has 0 radical (unpaired) electrons. The van der Waals surface area contributed by atoms with E-state index in [1.54, 1.807) is 11.0 Å². The molecule has 2 aliphatic rings. The Hall–Kier alpha value is -2.51. The molecule has 1 aromatic heterocycles. The lowest BCUT2D eigenvalue weighted by atomic mass is 9.81. The highest BCUT2D eigenvalue weighted by Gasteiger charge is 2.45. The molecule has 4 rings (SSSR count). The Kier molecular flexibility index (Phi) is 6.01. The molecule has 1 saturated heterocycles. The second-order valence-electron chi connectivity index (χ2n) is 11.3. The van der Waals surface area contributed by atoms with Gasteiger partial charge >= 0.3 is 0 Å². The first-order valence-corrected chi connectivity index (χ1v) is 12.0. The van der Waals surface area contributed by atoms with Gasteiger partial charge < -0.3 is 14.6 Å². The number of carbonyl (C=O) groups is 2. The summed E-state index contributed by atoms with van der Waals surface area (Å²) >= 11 is 0. The summed E-state index contributed by atoms with van der Waals surface area (Å²) in [5, 5.41) is 10.1. The number of piperidine rings is 1. The van der Waals surface area contributed by atoms with Crippen LogP contribution in [0.15, 0.2) is 30.3 Å². The third-order valence-electron chi connectivity index (χ3n) is 7.51. The fraction of sp³-hybridized carbons (Fsp3) is 0.556. The summed E-state index contributed by atoms with van der Waals surface area (Å²) in [6.45, 7) is 11.6. The molecule has 3 heterocycles. The smallest absolute Gasteiger partial charge is 0.253 e. The first-order chi connectivity index (χ1) is 15.8. The maximum Gasteiger partial charge on any atom is 0.253 e. The van der Waals surface area contributed by atoms with Crippen molar-refractivity contribution in [3.05, 3.63) is 58.7 Å². The predicted octanol–water partition coefficient (Wildman–Crippen LogP) is 4.41. The fourth-order valence-electron chi connectivity index (χ4n) is 5.40. The van der Waals surface area contributed by atoms with Crippen LogP contribution >= 0.6 is 0 Å². The molecule has 0 bridgehead atoms. The number of hydrogen-bond acceptors (Lipinski definition) is 4. The highest BCUT2D eigenvalue weighted by molar-refractivity contribution is 5.98. The summed E-state index contributed by atoms with van der Waals surface area (Å²) in [5.41, 5.74) is 0.375. The zero-order chi connectivity index (χ0) is 25.1. The molecular weight excluding hydrogens is 433 g/mol. The number of aromatic nitrogens is 1. The van der Waals surface area contributed by atoms with Crippen LogP contribution in [0.2, 0.25) is 0 Å².